The molecule has 1 atom stereocenters. The van der Waals surface area contributed by atoms with Crippen molar-refractivity contribution >= 4 is 11.6 Å². The Bertz CT molecular complexity index is 641. The van der Waals surface area contributed by atoms with Crippen molar-refractivity contribution < 1.29 is 23.4 Å². The van der Waals surface area contributed by atoms with E-state index in [4.69, 9.17) is 21.1 Å². The smallest absolute Gasteiger partial charge is 0.162 e. The first-order valence-electron chi connectivity index (χ1n) is 6.03. The Morgan fingerprint density at radius 1 is 1.05 bits per heavy atom. The molecule has 0 fully saturated rings. The molecule has 1 N–H and O–H groups in total. The van der Waals surface area contributed by atoms with Crippen molar-refractivity contribution in [1.82, 2.24) is 0 Å². The van der Waals surface area contributed by atoms with Gasteiger partial charge in [-0.1, -0.05) is 17.7 Å². The Morgan fingerprint density at radius 3 is 2.10 bits per heavy atom. The third kappa shape index (κ3) is 2.94. The Balaban J connectivity index is 2.56. The number of aliphatic hydroxyl groups is 1. The molecule has 0 aliphatic carbocycles. The highest BCUT2D eigenvalue weighted by Crippen LogP contribution is 2.38. The fraction of sp³-hybridized carbons (Fsp3) is 0.200. The minimum atomic E-state index is -1.56. The number of methoxy groups -OCH3 is 2. The molecule has 0 bridgehead atoms. The van der Waals surface area contributed by atoms with E-state index >= 15 is 0 Å². The second-order valence-electron chi connectivity index (χ2n) is 4.27. The molecule has 112 valence electrons. The molecular formula is C15H13ClF2O3. The zero-order valence-electron chi connectivity index (χ0n) is 11.4. The molecule has 0 amide bonds. The molecule has 1 unspecified atom stereocenters. The fourth-order valence-corrected chi connectivity index (χ4v) is 2.26. The van der Waals surface area contributed by atoms with Gasteiger partial charge in [-0.05, 0) is 18.2 Å². The monoisotopic (exact) mass is 314 g/mol. The van der Waals surface area contributed by atoms with Gasteiger partial charge in [-0.3, -0.25) is 0 Å². The molecule has 0 aromatic heterocycles. The number of aliphatic hydroxyl groups excluding tert-OH is 1. The molecule has 0 saturated carbocycles. The standard InChI is InChI=1S/C15H13ClF2O3/c1-20-12-6-8(9(16)7-13(12)21-2)15(19)14-10(17)4-3-5-11(14)18/h3-7,15,19H,1-2H3. The zero-order valence-corrected chi connectivity index (χ0v) is 12.1. The average Bonchev–Trinajstić information content (AvgIpc) is 2.46. The van der Waals surface area contributed by atoms with Crippen molar-refractivity contribution in [3.05, 3.63) is 58.1 Å². The van der Waals surface area contributed by atoms with E-state index in [0.717, 1.165) is 12.1 Å². The summed E-state index contributed by atoms with van der Waals surface area (Å²) in [6.45, 7) is 0. The van der Waals surface area contributed by atoms with Crippen LogP contribution in [0.2, 0.25) is 5.02 Å². The third-order valence-electron chi connectivity index (χ3n) is 3.07. The van der Waals surface area contributed by atoms with Crippen molar-refractivity contribution in [2.45, 2.75) is 6.10 Å². The topological polar surface area (TPSA) is 38.7 Å². The molecule has 0 heterocycles. The molecule has 2 aromatic rings. The van der Waals surface area contributed by atoms with Gasteiger partial charge in [-0.25, -0.2) is 8.78 Å². The van der Waals surface area contributed by atoms with Crippen LogP contribution in [0, 0.1) is 11.6 Å². The number of halogens is 3. The number of benzene rings is 2. The molecule has 0 radical (unpaired) electrons. The van der Waals surface area contributed by atoms with E-state index in [1.165, 1.54) is 32.4 Å². The normalized spacial score (nSPS) is 12.1. The fourth-order valence-electron chi connectivity index (χ4n) is 2.01. The van der Waals surface area contributed by atoms with Crippen LogP contribution in [0.1, 0.15) is 17.2 Å². The Morgan fingerprint density at radius 2 is 1.57 bits per heavy atom. The highest BCUT2D eigenvalue weighted by molar-refractivity contribution is 6.31. The van der Waals surface area contributed by atoms with Crippen LogP contribution in [0.25, 0.3) is 0 Å². The lowest BCUT2D eigenvalue weighted by Gasteiger charge is -2.17. The average molecular weight is 315 g/mol. The maximum absolute atomic E-state index is 13.7. The minimum Gasteiger partial charge on any atom is -0.493 e. The molecule has 3 nitrogen and oxygen atoms in total. The van der Waals surface area contributed by atoms with Gasteiger partial charge < -0.3 is 14.6 Å². The lowest BCUT2D eigenvalue weighted by atomic mass is 10.00. The van der Waals surface area contributed by atoms with Crippen LogP contribution >= 0.6 is 11.6 Å². The van der Waals surface area contributed by atoms with E-state index in [1.54, 1.807) is 0 Å². The predicted octanol–water partition coefficient (Wildman–Crippen LogP) is 3.72. The summed E-state index contributed by atoms with van der Waals surface area (Å²) in [5.74, 6) is -1.05. The summed E-state index contributed by atoms with van der Waals surface area (Å²) in [7, 11) is 2.84. The van der Waals surface area contributed by atoms with Gasteiger partial charge in [0.05, 0.1) is 24.8 Å². The summed E-state index contributed by atoms with van der Waals surface area (Å²) in [4.78, 5) is 0. The predicted molar refractivity (Wildman–Crippen MR) is 75.0 cm³/mol. The molecule has 0 spiro atoms. The van der Waals surface area contributed by atoms with Crippen LogP contribution in [-0.2, 0) is 0 Å². The lowest BCUT2D eigenvalue weighted by Crippen LogP contribution is -2.07. The van der Waals surface area contributed by atoms with Gasteiger partial charge in [-0.15, -0.1) is 0 Å². The van der Waals surface area contributed by atoms with Crippen LogP contribution in [0.5, 0.6) is 11.5 Å². The van der Waals surface area contributed by atoms with Crippen molar-refractivity contribution in [3.63, 3.8) is 0 Å². The van der Waals surface area contributed by atoms with E-state index in [2.05, 4.69) is 0 Å². The minimum absolute atomic E-state index is 0.114. The Hall–Kier alpha value is -1.85. The van der Waals surface area contributed by atoms with E-state index in [1.807, 2.05) is 0 Å². The molecule has 6 heteroatoms. The van der Waals surface area contributed by atoms with Gasteiger partial charge in [0.1, 0.15) is 17.7 Å². The summed E-state index contributed by atoms with van der Waals surface area (Å²) in [5.41, 5.74) is -0.343. The second-order valence-corrected chi connectivity index (χ2v) is 4.67. The van der Waals surface area contributed by atoms with Crippen molar-refractivity contribution in [1.29, 1.82) is 0 Å². The summed E-state index contributed by atoms with van der Waals surface area (Å²) in [6, 6.07) is 6.15. The quantitative estimate of drug-likeness (QED) is 0.935. The highest BCUT2D eigenvalue weighted by Gasteiger charge is 2.23. The Labute approximate surface area is 125 Å². The van der Waals surface area contributed by atoms with Crippen LogP contribution in [-0.4, -0.2) is 19.3 Å². The number of ether oxygens (including phenoxy) is 2. The summed E-state index contributed by atoms with van der Waals surface area (Å²) in [6.07, 6.45) is -1.56. The van der Waals surface area contributed by atoms with Crippen molar-refractivity contribution in [2.75, 3.05) is 14.2 Å². The van der Waals surface area contributed by atoms with Crippen molar-refractivity contribution in [3.8, 4) is 11.5 Å². The molecule has 0 aliphatic heterocycles. The molecule has 21 heavy (non-hydrogen) atoms. The molecule has 2 aromatic carbocycles. The lowest BCUT2D eigenvalue weighted by molar-refractivity contribution is 0.208. The van der Waals surface area contributed by atoms with Gasteiger partial charge in [0.25, 0.3) is 0 Å². The second kappa shape index (κ2) is 6.28. The SMILES string of the molecule is COc1cc(Cl)c(C(O)c2c(F)cccc2F)cc1OC. The third-order valence-corrected chi connectivity index (χ3v) is 3.40. The van der Waals surface area contributed by atoms with Gasteiger partial charge >= 0.3 is 0 Å². The van der Waals surface area contributed by atoms with Gasteiger partial charge in [0.2, 0.25) is 0 Å². The largest absolute Gasteiger partial charge is 0.493 e. The van der Waals surface area contributed by atoms with Gasteiger partial charge in [0, 0.05) is 11.6 Å². The first-order valence-corrected chi connectivity index (χ1v) is 6.40. The van der Waals surface area contributed by atoms with Crippen molar-refractivity contribution in [2.24, 2.45) is 0 Å². The van der Waals surface area contributed by atoms with Crippen LogP contribution in [0.4, 0.5) is 8.78 Å². The van der Waals surface area contributed by atoms with Crippen LogP contribution < -0.4 is 9.47 Å². The van der Waals surface area contributed by atoms with Gasteiger partial charge in [-0.2, -0.15) is 0 Å². The van der Waals surface area contributed by atoms with Gasteiger partial charge in [0.15, 0.2) is 11.5 Å². The van der Waals surface area contributed by atoms with Crippen LogP contribution in [0.3, 0.4) is 0 Å². The van der Waals surface area contributed by atoms with E-state index in [-0.39, 0.29) is 10.6 Å². The molecule has 0 saturated heterocycles. The number of hydrogen-bond donors (Lipinski definition) is 1. The summed E-state index contributed by atoms with van der Waals surface area (Å²) < 4.78 is 37.7. The maximum Gasteiger partial charge on any atom is 0.162 e. The van der Waals surface area contributed by atoms with E-state index < -0.39 is 23.3 Å². The Kier molecular flexibility index (Phi) is 4.65. The summed E-state index contributed by atoms with van der Waals surface area (Å²) in [5, 5.41) is 10.4. The number of hydrogen-bond acceptors (Lipinski definition) is 3. The molecular weight excluding hydrogens is 302 g/mol. The molecule has 0 aliphatic rings. The first-order chi connectivity index (χ1) is 9.99. The maximum atomic E-state index is 13.7. The van der Waals surface area contributed by atoms with E-state index in [0.29, 0.717) is 11.5 Å². The van der Waals surface area contributed by atoms with Crippen LogP contribution in [0.15, 0.2) is 30.3 Å². The van der Waals surface area contributed by atoms with E-state index in [9.17, 15) is 13.9 Å². The first kappa shape index (κ1) is 15.5. The zero-order chi connectivity index (χ0) is 15.6. The molecule has 2 rings (SSSR count). The summed E-state index contributed by atoms with van der Waals surface area (Å²) >= 11 is 6.05. The highest BCUT2D eigenvalue weighted by atomic mass is 35.5. The number of rotatable bonds is 4.